The molecule has 2 unspecified atom stereocenters. The summed E-state index contributed by atoms with van der Waals surface area (Å²) in [5, 5.41) is 4.09. The lowest BCUT2D eigenvalue weighted by Gasteiger charge is -2.23. The molecule has 1 amide bonds. The van der Waals surface area contributed by atoms with Gasteiger partial charge in [-0.15, -0.1) is 0 Å². The first kappa shape index (κ1) is 18.5. The summed E-state index contributed by atoms with van der Waals surface area (Å²) in [5.74, 6) is 2.94. The maximum Gasteiger partial charge on any atom is 0.410 e. The number of benzene rings is 1. The van der Waals surface area contributed by atoms with Gasteiger partial charge in [0.1, 0.15) is 12.4 Å². The van der Waals surface area contributed by atoms with Gasteiger partial charge >= 0.3 is 6.09 Å². The van der Waals surface area contributed by atoms with Crippen LogP contribution < -0.4 is 4.74 Å². The van der Waals surface area contributed by atoms with Crippen LogP contribution in [0.15, 0.2) is 28.8 Å². The zero-order valence-corrected chi connectivity index (χ0v) is 16.9. The van der Waals surface area contributed by atoms with Crippen LogP contribution in [0.5, 0.6) is 5.75 Å². The Morgan fingerprint density at radius 3 is 2.59 bits per heavy atom. The largest absolute Gasteiger partial charge is 0.490 e. The van der Waals surface area contributed by atoms with Crippen molar-refractivity contribution in [2.75, 3.05) is 13.1 Å². The number of rotatable bonds is 5. The van der Waals surface area contributed by atoms with Gasteiger partial charge in [-0.1, -0.05) is 11.6 Å². The number of amides is 1. The van der Waals surface area contributed by atoms with E-state index in [1.54, 1.807) is 0 Å². The molecule has 0 spiro atoms. The third kappa shape index (κ3) is 3.98. The topological polar surface area (TPSA) is 64.8 Å². The lowest BCUT2D eigenvalue weighted by Crippen LogP contribution is -2.30. The van der Waals surface area contributed by atoms with Gasteiger partial charge in [-0.2, -0.15) is 0 Å². The number of nitrogens with zero attached hydrogens (tertiary/aromatic N) is 2. The van der Waals surface area contributed by atoms with Crippen molar-refractivity contribution in [1.82, 2.24) is 10.1 Å². The molecule has 5 rings (SSSR count). The minimum Gasteiger partial charge on any atom is -0.490 e. The van der Waals surface area contributed by atoms with Crippen molar-refractivity contribution in [2.45, 2.75) is 58.2 Å². The van der Waals surface area contributed by atoms with Gasteiger partial charge in [-0.25, -0.2) is 4.79 Å². The molecule has 1 aliphatic heterocycles. The standard InChI is InChI=1S/C23H28N2O4/c1-15-21(14-27-23(26)25-12-17-11-18(17)13-25)22(29-24-15)16-7-9-20(10-8-16)28-19-5-3-2-4-6-19/h7-10,17-19H,2-6,11-14H2,1H3. The second-order valence-electron chi connectivity index (χ2n) is 8.69. The van der Waals surface area contributed by atoms with Crippen LogP contribution in [-0.2, 0) is 11.3 Å². The number of aromatic nitrogens is 1. The molecule has 0 radical (unpaired) electrons. The molecule has 154 valence electrons. The molecule has 29 heavy (non-hydrogen) atoms. The normalized spacial score (nSPS) is 23.7. The van der Waals surface area contributed by atoms with Gasteiger partial charge in [-0.3, -0.25) is 0 Å². The van der Waals surface area contributed by atoms with Crippen LogP contribution in [0.25, 0.3) is 11.3 Å². The molecule has 3 fully saturated rings. The third-order valence-corrected chi connectivity index (χ3v) is 6.53. The first-order chi connectivity index (χ1) is 14.2. The summed E-state index contributed by atoms with van der Waals surface area (Å²) >= 11 is 0. The van der Waals surface area contributed by atoms with Crippen molar-refractivity contribution < 1.29 is 18.8 Å². The van der Waals surface area contributed by atoms with E-state index in [1.165, 1.54) is 25.7 Å². The summed E-state index contributed by atoms with van der Waals surface area (Å²) in [6.07, 6.45) is 7.44. The average Bonchev–Trinajstić information content (AvgIpc) is 3.17. The molecule has 1 aromatic carbocycles. The molecule has 2 aliphatic carbocycles. The van der Waals surface area contributed by atoms with Crippen molar-refractivity contribution >= 4 is 6.09 Å². The summed E-state index contributed by atoms with van der Waals surface area (Å²) in [5.41, 5.74) is 2.48. The smallest absolute Gasteiger partial charge is 0.410 e. The van der Waals surface area contributed by atoms with Gasteiger partial charge in [0.05, 0.1) is 17.4 Å². The van der Waals surface area contributed by atoms with Crippen molar-refractivity contribution in [3.63, 3.8) is 0 Å². The minimum atomic E-state index is -0.236. The van der Waals surface area contributed by atoms with Crippen LogP contribution in [0.4, 0.5) is 4.79 Å². The molecule has 2 heterocycles. The summed E-state index contributed by atoms with van der Waals surface area (Å²) in [4.78, 5) is 14.2. The van der Waals surface area contributed by atoms with Crippen LogP contribution in [0, 0.1) is 18.8 Å². The predicted molar refractivity (Wildman–Crippen MR) is 108 cm³/mol. The fourth-order valence-electron chi connectivity index (χ4n) is 4.62. The molecular weight excluding hydrogens is 368 g/mol. The fraction of sp³-hybridized carbons (Fsp3) is 0.565. The molecule has 3 aliphatic rings. The number of carbonyl (C=O) groups is 1. The zero-order chi connectivity index (χ0) is 19.8. The van der Waals surface area contributed by atoms with Gasteiger partial charge in [0, 0.05) is 18.7 Å². The van der Waals surface area contributed by atoms with Crippen LogP contribution >= 0.6 is 0 Å². The average molecular weight is 396 g/mol. The van der Waals surface area contributed by atoms with Gasteiger partial charge in [0.15, 0.2) is 5.76 Å². The van der Waals surface area contributed by atoms with E-state index in [0.29, 0.717) is 23.7 Å². The van der Waals surface area contributed by atoms with Crippen molar-refractivity contribution in [3.05, 3.63) is 35.5 Å². The molecule has 1 saturated heterocycles. The number of hydrogen-bond donors (Lipinski definition) is 0. The van der Waals surface area contributed by atoms with Crippen LogP contribution in [0.3, 0.4) is 0 Å². The Bertz CT molecular complexity index is 860. The molecule has 1 aromatic heterocycles. The van der Waals surface area contributed by atoms with Gasteiger partial charge in [0.25, 0.3) is 0 Å². The highest BCUT2D eigenvalue weighted by Crippen LogP contribution is 2.45. The first-order valence-corrected chi connectivity index (χ1v) is 10.8. The molecule has 2 aromatic rings. The SMILES string of the molecule is Cc1noc(-c2ccc(OC3CCCCC3)cc2)c1COC(=O)N1CC2CC2C1. The van der Waals surface area contributed by atoms with Crippen molar-refractivity contribution in [1.29, 1.82) is 0 Å². The summed E-state index contributed by atoms with van der Waals surface area (Å²) < 4.78 is 17.2. The summed E-state index contributed by atoms with van der Waals surface area (Å²) in [6, 6.07) is 7.93. The Hall–Kier alpha value is -2.50. The molecule has 6 nitrogen and oxygen atoms in total. The number of carbonyl (C=O) groups excluding carboxylic acids is 1. The monoisotopic (exact) mass is 396 g/mol. The quantitative estimate of drug-likeness (QED) is 0.715. The molecule has 0 N–H and O–H groups in total. The molecular formula is C23H28N2O4. The maximum absolute atomic E-state index is 12.3. The molecule has 6 heteroatoms. The number of aryl methyl sites for hydroxylation is 1. The Morgan fingerprint density at radius 2 is 1.86 bits per heavy atom. The van der Waals surface area contributed by atoms with E-state index >= 15 is 0 Å². The van der Waals surface area contributed by atoms with Crippen LogP contribution in [0.2, 0.25) is 0 Å². The van der Waals surface area contributed by atoms with E-state index < -0.39 is 0 Å². The van der Waals surface area contributed by atoms with Crippen LogP contribution in [0.1, 0.15) is 49.8 Å². The van der Waals surface area contributed by atoms with E-state index in [4.69, 9.17) is 14.0 Å². The molecule has 0 bridgehead atoms. The van der Waals surface area contributed by atoms with Crippen LogP contribution in [-0.4, -0.2) is 35.3 Å². The number of likely N-dealkylation sites (tertiary alicyclic amines) is 1. The minimum absolute atomic E-state index is 0.176. The van der Waals surface area contributed by atoms with E-state index in [1.807, 2.05) is 36.1 Å². The summed E-state index contributed by atoms with van der Waals surface area (Å²) in [6.45, 7) is 3.72. The maximum atomic E-state index is 12.3. The zero-order valence-electron chi connectivity index (χ0n) is 16.9. The van der Waals surface area contributed by atoms with Gasteiger partial charge < -0.3 is 18.9 Å². The predicted octanol–water partition coefficient (Wildman–Crippen LogP) is 4.95. The number of fused-ring (bicyclic) bond motifs is 1. The van der Waals surface area contributed by atoms with Gasteiger partial charge in [-0.05, 0) is 75.1 Å². The Morgan fingerprint density at radius 1 is 1.14 bits per heavy atom. The highest BCUT2D eigenvalue weighted by molar-refractivity contribution is 5.69. The Kier molecular flexibility index (Phi) is 4.94. The van der Waals surface area contributed by atoms with E-state index in [2.05, 4.69) is 5.16 Å². The van der Waals surface area contributed by atoms with E-state index in [0.717, 1.165) is 48.5 Å². The second-order valence-corrected chi connectivity index (χ2v) is 8.69. The Balaban J connectivity index is 1.23. The lowest BCUT2D eigenvalue weighted by atomic mass is 9.98. The van der Waals surface area contributed by atoms with Crippen molar-refractivity contribution in [2.24, 2.45) is 11.8 Å². The molecule has 2 atom stereocenters. The van der Waals surface area contributed by atoms with E-state index in [9.17, 15) is 4.79 Å². The van der Waals surface area contributed by atoms with Crippen molar-refractivity contribution in [3.8, 4) is 17.1 Å². The third-order valence-electron chi connectivity index (χ3n) is 6.53. The number of piperidine rings is 1. The first-order valence-electron chi connectivity index (χ1n) is 10.8. The number of hydrogen-bond acceptors (Lipinski definition) is 5. The molecule has 2 saturated carbocycles. The fourth-order valence-corrected chi connectivity index (χ4v) is 4.62. The van der Waals surface area contributed by atoms with Gasteiger partial charge in [0.2, 0.25) is 0 Å². The summed E-state index contributed by atoms with van der Waals surface area (Å²) in [7, 11) is 0. The van der Waals surface area contributed by atoms with E-state index in [-0.39, 0.29) is 12.7 Å². The number of ether oxygens (including phenoxy) is 2. The highest BCUT2D eigenvalue weighted by atomic mass is 16.6. The second kappa shape index (κ2) is 7.73. The highest BCUT2D eigenvalue weighted by Gasteiger charge is 2.47. The lowest BCUT2D eigenvalue weighted by molar-refractivity contribution is 0.100. The Labute approximate surface area is 171 Å².